The number of hydrogen-bond donors (Lipinski definition) is 1. The number of alkyl halides is 3. The largest absolute Gasteiger partial charge is 0.436 e. The van der Waals surface area contributed by atoms with Gasteiger partial charge >= 0.3 is 6.18 Å². The van der Waals surface area contributed by atoms with Crippen molar-refractivity contribution in [2.45, 2.75) is 32.6 Å². The third kappa shape index (κ3) is 5.00. The minimum absolute atomic E-state index is 0.0145. The van der Waals surface area contributed by atoms with Crippen molar-refractivity contribution in [3.8, 4) is 0 Å². The van der Waals surface area contributed by atoms with Gasteiger partial charge in [-0.1, -0.05) is 18.2 Å². The Morgan fingerprint density at radius 3 is 2.62 bits per heavy atom. The number of aryl methyl sites for hydroxylation is 1. The van der Waals surface area contributed by atoms with Crippen LogP contribution in [0.25, 0.3) is 0 Å². The highest BCUT2D eigenvalue weighted by atomic mass is 79.9. The van der Waals surface area contributed by atoms with E-state index in [2.05, 4.69) is 36.4 Å². The molecule has 0 aliphatic heterocycles. The monoisotopic (exact) mass is 474 g/mol. The Bertz CT molecular complexity index is 1030. The molecule has 0 bridgehead atoms. The second-order valence-electron chi connectivity index (χ2n) is 6.12. The van der Waals surface area contributed by atoms with Crippen molar-refractivity contribution in [1.29, 1.82) is 0 Å². The van der Waals surface area contributed by atoms with Crippen LogP contribution in [-0.4, -0.2) is 30.5 Å². The highest BCUT2D eigenvalue weighted by molar-refractivity contribution is 9.10. The fourth-order valence-electron chi connectivity index (χ4n) is 2.55. The fraction of sp³-hybridized carbons (Fsp3) is 0.294. The summed E-state index contributed by atoms with van der Waals surface area (Å²) < 4.78 is 54.6. The Balaban J connectivity index is 1.58. The van der Waals surface area contributed by atoms with Crippen molar-refractivity contribution in [2.75, 3.05) is 5.32 Å². The van der Waals surface area contributed by atoms with E-state index in [4.69, 9.17) is 0 Å². The second kappa shape index (κ2) is 8.31. The molecule has 0 fully saturated rings. The molecule has 1 aromatic carbocycles. The summed E-state index contributed by atoms with van der Waals surface area (Å²) in [6.45, 7) is 1.55. The predicted molar refractivity (Wildman–Crippen MR) is 98.4 cm³/mol. The third-order valence-corrected chi connectivity index (χ3v) is 4.98. The molecular weight excluding hydrogens is 460 g/mol. The highest BCUT2D eigenvalue weighted by Gasteiger charge is 2.37. The molecule has 0 spiro atoms. The molecule has 2 heterocycles. The number of aromatic nitrogens is 5. The summed E-state index contributed by atoms with van der Waals surface area (Å²) in [5, 5.41) is 10.0. The van der Waals surface area contributed by atoms with Gasteiger partial charge in [-0.2, -0.15) is 18.3 Å². The van der Waals surface area contributed by atoms with Crippen molar-refractivity contribution < 1.29 is 22.4 Å². The summed E-state index contributed by atoms with van der Waals surface area (Å²) in [7, 11) is 0. The first kappa shape index (κ1) is 21.0. The van der Waals surface area contributed by atoms with E-state index in [1.54, 1.807) is 18.2 Å². The molecule has 3 rings (SSSR count). The van der Waals surface area contributed by atoms with Gasteiger partial charge < -0.3 is 0 Å². The molecule has 7 nitrogen and oxygen atoms in total. The number of nitrogens with zero attached hydrogens (tertiary/aromatic N) is 5. The SMILES string of the molecule is Cc1c(Br)c(C(F)(F)F)nn1CCC(=O)Nc1ncn(Cc2ccccc2F)n1. The van der Waals surface area contributed by atoms with Gasteiger partial charge in [-0.15, -0.1) is 5.10 Å². The van der Waals surface area contributed by atoms with Crippen molar-refractivity contribution in [3.05, 3.63) is 57.8 Å². The van der Waals surface area contributed by atoms with E-state index in [9.17, 15) is 22.4 Å². The van der Waals surface area contributed by atoms with Crippen LogP contribution >= 0.6 is 15.9 Å². The Kier molecular flexibility index (Phi) is 6.01. The van der Waals surface area contributed by atoms with Crippen molar-refractivity contribution in [3.63, 3.8) is 0 Å². The van der Waals surface area contributed by atoms with Gasteiger partial charge in [0.15, 0.2) is 5.69 Å². The standard InChI is InChI=1S/C17H15BrF4N6O/c1-10-14(18)15(17(20,21)22)25-28(10)7-6-13(29)24-16-23-9-27(26-16)8-11-4-2-3-5-12(11)19/h2-5,9H,6-8H2,1H3,(H,24,26,29). The lowest BCUT2D eigenvalue weighted by molar-refractivity contribution is -0.142. The molecule has 2 aromatic heterocycles. The van der Waals surface area contributed by atoms with Crippen LogP contribution in [0, 0.1) is 12.7 Å². The highest BCUT2D eigenvalue weighted by Crippen LogP contribution is 2.35. The number of carbonyl (C=O) groups is 1. The van der Waals surface area contributed by atoms with E-state index < -0.39 is 17.8 Å². The van der Waals surface area contributed by atoms with Gasteiger partial charge in [0.1, 0.15) is 12.1 Å². The first-order chi connectivity index (χ1) is 13.6. The summed E-state index contributed by atoms with van der Waals surface area (Å²) in [5.41, 5.74) is -0.364. The van der Waals surface area contributed by atoms with Gasteiger partial charge in [-0.25, -0.2) is 14.1 Å². The molecule has 1 N–H and O–H groups in total. The molecule has 0 aliphatic carbocycles. The smallest absolute Gasteiger partial charge is 0.293 e. The van der Waals surface area contributed by atoms with E-state index in [-0.39, 0.29) is 41.4 Å². The van der Waals surface area contributed by atoms with Crippen LogP contribution in [0.3, 0.4) is 0 Å². The number of halogens is 5. The average Bonchev–Trinajstić information content (AvgIpc) is 3.20. The lowest BCUT2D eigenvalue weighted by atomic mass is 10.2. The lowest BCUT2D eigenvalue weighted by Crippen LogP contribution is -2.17. The Morgan fingerprint density at radius 2 is 1.97 bits per heavy atom. The van der Waals surface area contributed by atoms with E-state index in [1.807, 2.05) is 0 Å². The summed E-state index contributed by atoms with van der Waals surface area (Å²) in [6.07, 6.45) is -3.38. The molecule has 0 radical (unpaired) electrons. The van der Waals surface area contributed by atoms with E-state index >= 15 is 0 Å². The first-order valence-corrected chi connectivity index (χ1v) is 9.17. The molecule has 154 valence electrons. The van der Waals surface area contributed by atoms with Crippen LogP contribution in [0.15, 0.2) is 35.1 Å². The average molecular weight is 475 g/mol. The van der Waals surface area contributed by atoms with Gasteiger partial charge in [0, 0.05) is 12.0 Å². The van der Waals surface area contributed by atoms with Crippen LogP contribution < -0.4 is 5.32 Å². The number of amides is 1. The van der Waals surface area contributed by atoms with Gasteiger partial charge in [-0.05, 0) is 28.9 Å². The topological polar surface area (TPSA) is 77.6 Å². The van der Waals surface area contributed by atoms with Crippen molar-refractivity contribution in [2.24, 2.45) is 0 Å². The first-order valence-electron chi connectivity index (χ1n) is 8.38. The molecule has 0 saturated heterocycles. The quantitative estimate of drug-likeness (QED) is 0.551. The van der Waals surface area contributed by atoms with Crippen LogP contribution in [0.1, 0.15) is 23.4 Å². The lowest BCUT2D eigenvalue weighted by Gasteiger charge is -2.05. The summed E-state index contributed by atoms with van der Waals surface area (Å²) in [5.74, 6) is -0.860. The zero-order chi connectivity index (χ0) is 21.2. The summed E-state index contributed by atoms with van der Waals surface area (Å²) in [4.78, 5) is 16.0. The van der Waals surface area contributed by atoms with Gasteiger partial charge in [0.25, 0.3) is 0 Å². The fourth-order valence-corrected chi connectivity index (χ4v) is 3.06. The zero-order valence-electron chi connectivity index (χ0n) is 15.0. The molecule has 0 atom stereocenters. The van der Waals surface area contributed by atoms with E-state index in [0.29, 0.717) is 5.56 Å². The van der Waals surface area contributed by atoms with Crippen LogP contribution in [0.2, 0.25) is 0 Å². The van der Waals surface area contributed by atoms with Crippen LogP contribution in [0.5, 0.6) is 0 Å². The maximum Gasteiger partial charge on any atom is 0.436 e. The molecule has 0 saturated carbocycles. The number of nitrogens with one attached hydrogen (secondary N) is 1. The second-order valence-corrected chi connectivity index (χ2v) is 6.92. The van der Waals surface area contributed by atoms with Gasteiger partial charge in [0.05, 0.1) is 23.3 Å². The van der Waals surface area contributed by atoms with Crippen molar-refractivity contribution in [1.82, 2.24) is 24.5 Å². The van der Waals surface area contributed by atoms with Crippen LogP contribution in [-0.2, 0) is 24.1 Å². The Hall–Kier alpha value is -2.76. The Morgan fingerprint density at radius 1 is 1.24 bits per heavy atom. The van der Waals surface area contributed by atoms with E-state index in [1.165, 1.54) is 24.0 Å². The third-order valence-electron chi connectivity index (χ3n) is 4.03. The summed E-state index contributed by atoms with van der Waals surface area (Å²) >= 11 is 2.88. The number of benzene rings is 1. The summed E-state index contributed by atoms with van der Waals surface area (Å²) in [6, 6.07) is 6.20. The number of carbonyl (C=O) groups excluding carboxylic acids is 1. The minimum atomic E-state index is -4.59. The van der Waals surface area contributed by atoms with Gasteiger partial charge in [-0.3, -0.25) is 14.8 Å². The molecule has 29 heavy (non-hydrogen) atoms. The Labute approximate surface area is 170 Å². The maximum absolute atomic E-state index is 13.7. The molecular formula is C17H15BrF4N6O. The number of rotatable bonds is 6. The normalized spacial score (nSPS) is 11.7. The number of hydrogen-bond acceptors (Lipinski definition) is 4. The maximum atomic E-state index is 13.7. The van der Waals surface area contributed by atoms with Crippen LogP contribution in [0.4, 0.5) is 23.5 Å². The predicted octanol–water partition coefficient (Wildman–Crippen LogP) is 3.78. The van der Waals surface area contributed by atoms with Gasteiger partial charge in [0.2, 0.25) is 11.9 Å². The van der Waals surface area contributed by atoms with Crippen molar-refractivity contribution >= 4 is 27.8 Å². The molecule has 0 aliphatic rings. The molecule has 12 heteroatoms. The number of anilines is 1. The molecule has 0 unspecified atom stereocenters. The zero-order valence-corrected chi connectivity index (χ0v) is 16.6. The minimum Gasteiger partial charge on any atom is -0.293 e. The molecule has 3 aromatic rings. The molecule has 1 amide bonds. The van der Waals surface area contributed by atoms with E-state index in [0.717, 1.165) is 4.68 Å².